The van der Waals surface area contributed by atoms with Gasteiger partial charge in [0.1, 0.15) is 0 Å². The molecule has 0 aromatic carbocycles. The molecule has 1 fully saturated rings. The molecule has 2 rings (SSSR count). The minimum absolute atomic E-state index is 0.435. The minimum atomic E-state index is 0.435. The first kappa shape index (κ1) is 11.7. The molecule has 2 atom stereocenters. The lowest BCUT2D eigenvalue weighted by molar-refractivity contribution is 0.465. The summed E-state index contributed by atoms with van der Waals surface area (Å²) < 4.78 is 5.60. The van der Waals surface area contributed by atoms with Crippen molar-refractivity contribution in [2.24, 2.45) is 5.73 Å². The molecular weight excluding hydrogens is 224 g/mol. The van der Waals surface area contributed by atoms with E-state index in [1.54, 1.807) is 0 Å². The minimum Gasteiger partial charge on any atom is -0.408 e. The number of nitrogens with zero attached hydrogens (tertiary/aromatic N) is 3. The van der Waals surface area contributed by atoms with Crippen molar-refractivity contribution in [3.05, 3.63) is 5.89 Å². The lowest BCUT2D eigenvalue weighted by Gasteiger charge is -2.35. The zero-order valence-corrected chi connectivity index (χ0v) is 10.5. The normalized spacial score (nSPS) is 26.1. The van der Waals surface area contributed by atoms with Crippen LogP contribution in [0.25, 0.3) is 0 Å². The van der Waals surface area contributed by atoms with Crippen molar-refractivity contribution in [3.8, 4) is 0 Å². The molecule has 6 heteroatoms. The predicted octanol–water partition coefficient (Wildman–Crippen LogP) is 0.901. The van der Waals surface area contributed by atoms with Gasteiger partial charge in [-0.15, -0.1) is 5.10 Å². The largest absolute Gasteiger partial charge is 0.408 e. The molecule has 2 heterocycles. The third-order valence-corrected chi connectivity index (χ3v) is 4.28. The van der Waals surface area contributed by atoms with Gasteiger partial charge in [0.15, 0.2) is 0 Å². The first-order chi connectivity index (χ1) is 7.72. The van der Waals surface area contributed by atoms with Crippen LogP contribution in [-0.4, -0.2) is 40.3 Å². The summed E-state index contributed by atoms with van der Waals surface area (Å²) in [6, 6.07) is 1.08. The summed E-state index contributed by atoms with van der Waals surface area (Å²) in [5, 5.41) is 8.68. The molecule has 90 valence electrons. The van der Waals surface area contributed by atoms with Gasteiger partial charge in [0.05, 0.1) is 0 Å². The Hall–Kier alpha value is -0.750. The summed E-state index contributed by atoms with van der Waals surface area (Å²) in [7, 11) is 0. The molecule has 0 aliphatic carbocycles. The molecule has 0 radical (unpaired) electrons. The third-order valence-electron chi connectivity index (χ3n) is 2.94. The van der Waals surface area contributed by atoms with E-state index in [1.807, 2.05) is 11.8 Å². The van der Waals surface area contributed by atoms with Gasteiger partial charge in [-0.05, 0) is 6.92 Å². The van der Waals surface area contributed by atoms with E-state index in [4.69, 9.17) is 10.2 Å². The van der Waals surface area contributed by atoms with Gasteiger partial charge in [0.25, 0.3) is 0 Å². The number of anilines is 1. The Morgan fingerprint density at radius 1 is 1.50 bits per heavy atom. The molecular formula is C10H18N4OS. The molecule has 0 saturated carbocycles. The van der Waals surface area contributed by atoms with Crippen molar-refractivity contribution in [3.63, 3.8) is 0 Å². The van der Waals surface area contributed by atoms with Crippen LogP contribution in [0.4, 0.5) is 6.01 Å². The summed E-state index contributed by atoms with van der Waals surface area (Å²) in [5.74, 6) is 1.75. The summed E-state index contributed by atoms with van der Waals surface area (Å²) in [6.07, 6.45) is 0.652. The van der Waals surface area contributed by atoms with Crippen molar-refractivity contribution in [2.45, 2.75) is 31.6 Å². The van der Waals surface area contributed by atoms with Crippen LogP contribution in [0.2, 0.25) is 0 Å². The average Bonchev–Trinajstić information content (AvgIpc) is 2.71. The maximum Gasteiger partial charge on any atom is 0.318 e. The number of hydrogen-bond donors (Lipinski definition) is 1. The van der Waals surface area contributed by atoms with Crippen LogP contribution < -0.4 is 10.6 Å². The maximum absolute atomic E-state index is 5.60. The highest BCUT2D eigenvalue weighted by molar-refractivity contribution is 8.00. The Kier molecular flexibility index (Phi) is 3.70. The molecule has 1 aliphatic heterocycles. The molecule has 1 aliphatic rings. The monoisotopic (exact) mass is 242 g/mol. The second-order valence-electron chi connectivity index (χ2n) is 4.03. The molecule has 1 aromatic heterocycles. The standard InChI is InChI=1S/C10H18N4OS/c1-7-8(2)16-6-5-14(7)10-13-12-9(15-10)3-4-11/h7-8H,3-6,11H2,1-2H3. The molecule has 0 bridgehead atoms. The Morgan fingerprint density at radius 3 is 3.06 bits per heavy atom. The fourth-order valence-electron chi connectivity index (χ4n) is 1.79. The van der Waals surface area contributed by atoms with Crippen LogP contribution in [0, 0.1) is 0 Å². The van der Waals surface area contributed by atoms with Crippen molar-refractivity contribution < 1.29 is 4.42 Å². The number of thioether (sulfide) groups is 1. The summed E-state index contributed by atoms with van der Waals surface area (Å²) in [4.78, 5) is 2.19. The quantitative estimate of drug-likeness (QED) is 0.849. The Labute approximate surface area is 99.8 Å². The number of aromatic nitrogens is 2. The number of rotatable bonds is 3. The van der Waals surface area contributed by atoms with Crippen molar-refractivity contribution in [1.29, 1.82) is 0 Å². The van der Waals surface area contributed by atoms with Gasteiger partial charge in [-0.3, -0.25) is 0 Å². The van der Waals surface area contributed by atoms with E-state index >= 15 is 0 Å². The van der Waals surface area contributed by atoms with Crippen molar-refractivity contribution in [2.75, 3.05) is 23.7 Å². The van der Waals surface area contributed by atoms with Crippen LogP contribution >= 0.6 is 11.8 Å². The maximum atomic E-state index is 5.60. The molecule has 2 N–H and O–H groups in total. The summed E-state index contributed by atoms with van der Waals surface area (Å²) >= 11 is 1.99. The molecule has 0 amide bonds. The van der Waals surface area contributed by atoms with Gasteiger partial charge in [-0.25, -0.2) is 0 Å². The summed E-state index contributed by atoms with van der Waals surface area (Å²) in [5.41, 5.74) is 5.45. The Balaban J connectivity index is 2.09. The van der Waals surface area contributed by atoms with Crippen molar-refractivity contribution >= 4 is 17.8 Å². The Bertz CT molecular complexity index is 343. The lowest BCUT2D eigenvalue weighted by Crippen LogP contribution is -2.44. The van der Waals surface area contributed by atoms with E-state index in [9.17, 15) is 0 Å². The zero-order valence-electron chi connectivity index (χ0n) is 9.72. The molecule has 2 unspecified atom stereocenters. The highest BCUT2D eigenvalue weighted by Gasteiger charge is 2.28. The van der Waals surface area contributed by atoms with Crippen LogP contribution in [0.5, 0.6) is 0 Å². The van der Waals surface area contributed by atoms with Crippen LogP contribution in [0.3, 0.4) is 0 Å². The van der Waals surface area contributed by atoms with E-state index in [0.717, 1.165) is 12.3 Å². The van der Waals surface area contributed by atoms with Gasteiger partial charge in [0.2, 0.25) is 5.89 Å². The van der Waals surface area contributed by atoms with Crippen LogP contribution in [-0.2, 0) is 6.42 Å². The van der Waals surface area contributed by atoms with Gasteiger partial charge >= 0.3 is 6.01 Å². The topological polar surface area (TPSA) is 68.2 Å². The van der Waals surface area contributed by atoms with Crippen molar-refractivity contribution in [1.82, 2.24) is 10.2 Å². The highest BCUT2D eigenvalue weighted by atomic mass is 32.2. The average molecular weight is 242 g/mol. The van der Waals surface area contributed by atoms with Crippen LogP contribution in [0.15, 0.2) is 4.42 Å². The third kappa shape index (κ3) is 2.32. The van der Waals surface area contributed by atoms with Gasteiger partial charge in [-0.1, -0.05) is 12.0 Å². The molecule has 5 nitrogen and oxygen atoms in total. The van der Waals surface area contributed by atoms with E-state index < -0.39 is 0 Å². The second-order valence-corrected chi connectivity index (χ2v) is 5.51. The molecule has 16 heavy (non-hydrogen) atoms. The van der Waals surface area contributed by atoms with E-state index in [1.165, 1.54) is 0 Å². The zero-order chi connectivity index (χ0) is 11.5. The predicted molar refractivity (Wildman–Crippen MR) is 65.8 cm³/mol. The van der Waals surface area contributed by atoms with Gasteiger partial charge in [0, 0.05) is 36.6 Å². The number of nitrogens with two attached hydrogens (primary N) is 1. The van der Waals surface area contributed by atoms with Gasteiger partial charge in [-0.2, -0.15) is 11.8 Å². The number of hydrogen-bond acceptors (Lipinski definition) is 6. The fraction of sp³-hybridized carbons (Fsp3) is 0.800. The molecule has 1 aromatic rings. The second kappa shape index (κ2) is 5.05. The van der Waals surface area contributed by atoms with E-state index in [0.29, 0.717) is 36.2 Å². The fourth-order valence-corrected chi connectivity index (χ4v) is 2.89. The highest BCUT2D eigenvalue weighted by Crippen LogP contribution is 2.28. The SMILES string of the molecule is CC1SCCN(c2nnc(CCN)o2)C1C. The molecule has 0 spiro atoms. The molecule has 1 saturated heterocycles. The first-order valence-corrected chi connectivity index (χ1v) is 6.68. The van der Waals surface area contributed by atoms with E-state index in [-0.39, 0.29) is 0 Å². The summed E-state index contributed by atoms with van der Waals surface area (Å²) in [6.45, 7) is 5.95. The Morgan fingerprint density at radius 2 is 2.31 bits per heavy atom. The first-order valence-electron chi connectivity index (χ1n) is 5.63. The van der Waals surface area contributed by atoms with Gasteiger partial charge < -0.3 is 15.1 Å². The lowest BCUT2D eigenvalue weighted by atomic mass is 10.2. The van der Waals surface area contributed by atoms with Crippen LogP contribution in [0.1, 0.15) is 19.7 Å². The smallest absolute Gasteiger partial charge is 0.318 e. The van der Waals surface area contributed by atoms with E-state index in [2.05, 4.69) is 28.9 Å².